The number of para-hydroxylation sites is 1. The molecule has 252 valence electrons. The lowest BCUT2D eigenvalue weighted by atomic mass is 9.92. The van der Waals surface area contributed by atoms with E-state index in [9.17, 15) is 39.0 Å². The molecule has 0 saturated carbocycles. The number of carboxylic acid groups (broad SMARTS) is 2. The standard InChI is InChI=1S/C34H43N5O8/c1-21(40)39-20-23(22-14-16-25(17-15-22)36-33(47)35-24-10-6-5-7-11-24)18-28(39)30(42)38-27(32(45)46)13-9-8-12-26(31(43)44)37-29(41)19-34(2,3)4/h5-11,14-17,23,26-28H,12-13,18-20H2,1-4H3,(H,37,41)(H,38,42)(H,43,44)(H,45,46)(H2,35,36,47). The molecule has 47 heavy (non-hydrogen) atoms. The van der Waals surface area contributed by atoms with Crippen LogP contribution in [-0.4, -0.2) is 75.5 Å². The maximum absolute atomic E-state index is 13.3. The molecule has 5 amide bonds. The molecule has 0 aliphatic carbocycles. The van der Waals surface area contributed by atoms with Gasteiger partial charge in [0.05, 0.1) is 0 Å². The topological polar surface area (TPSA) is 194 Å². The third-order valence-electron chi connectivity index (χ3n) is 7.53. The van der Waals surface area contributed by atoms with Gasteiger partial charge in [-0.05, 0) is 54.5 Å². The molecule has 0 aromatic heterocycles. The highest BCUT2D eigenvalue weighted by molar-refractivity contribution is 5.99. The molecule has 1 fully saturated rings. The van der Waals surface area contributed by atoms with Crippen LogP contribution in [0.3, 0.4) is 0 Å². The summed E-state index contributed by atoms with van der Waals surface area (Å²) in [5.41, 5.74) is 1.72. The zero-order valence-electron chi connectivity index (χ0n) is 27.0. The fourth-order valence-electron chi connectivity index (χ4n) is 5.23. The number of nitrogens with one attached hydrogen (secondary N) is 4. The number of hydrogen-bond donors (Lipinski definition) is 6. The Morgan fingerprint density at radius 1 is 0.830 bits per heavy atom. The largest absolute Gasteiger partial charge is 0.480 e. The SMILES string of the molecule is CC(=O)N1CC(c2ccc(NC(=O)Nc3ccccc3)cc2)CC1C(=O)NC(CC=CCC(NC(=O)CC(C)(C)C)C(=O)O)C(=O)O. The zero-order chi connectivity index (χ0) is 34.7. The Labute approximate surface area is 273 Å². The van der Waals surface area contributed by atoms with E-state index < -0.39 is 47.9 Å². The molecule has 1 saturated heterocycles. The lowest BCUT2D eigenvalue weighted by Gasteiger charge is -2.24. The Hall–Kier alpha value is -5.20. The minimum atomic E-state index is -1.32. The molecule has 6 N–H and O–H groups in total. The molecule has 3 rings (SSSR count). The first-order chi connectivity index (χ1) is 22.1. The summed E-state index contributed by atoms with van der Waals surface area (Å²) in [5.74, 6) is -4.07. The number of anilines is 2. The molecule has 0 spiro atoms. The fraction of sp³-hybridized carbons (Fsp3) is 0.412. The van der Waals surface area contributed by atoms with Crippen LogP contribution in [0.2, 0.25) is 0 Å². The lowest BCUT2D eigenvalue weighted by molar-refractivity contribution is -0.143. The monoisotopic (exact) mass is 649 g/mol. The predicted molar refractivity (Wildman–Crippen MR) is 176 cm³/mol. The third kappa shape index (κ3) is 11.6. The normalized spacial score (nSPS) is 17.4. The van der Waals surface area contributed by atoms with Crippen LogP contribution in [0.1, 0.15) is 64.9 Å². The molecule has 0 radical (unpaired) electrons. The number of urea groups is 1. The first-order valence-electron chi connectivity index (χ1n) is 15.3. The van der Waals surface area contributed by atoms with Crippen molar-refractivity contribution in [2.45, 2.75) is 77.4 Å². The Morgan fingerprint density at radius 2 is 1.36 bits per heavy atom. The average Bonchev–Trinajstić information content (AvgIpc) is 3.44. The van der Waals surface area contributed by atoms with Crippen LogP contribution in [0, 0.1) is 5.41 Å². The van der Waals surface area contributed by atoms with E-state index in [1.54, 1.807) is 36.4 Å². The highest BCUT2D eigenvalue weighted by Crippen LogP contribution is 2.33. The van der Waals surface area contributed by atoms with Crippen LogP contribution in [-0.2, 0) is 24.0 Å². The van der Waals surface area contributed by atoms with Gasteiger partial charge >= 0.3 is 18.0 Å². The van der Waals surface area contributed by atoms with Crippen molar-refractivity contribution in [1.29, 1.82) is 0 Å². The zero-order valence-corrected chi connectivity index (χ0v) is 27.0. The lowest BCUT2D eigenvalue weighted by Crippen LogP contribution is -2.50. The van der Waals surface area contributed by atoms with E-state index in [4.69, 9.17) is 0 Å². The number of carboxylic acids is 2. The van der Waals surface area contributed by atoms with Gasteiger partial charge in [-0.3, -0.25) is 14.4 Å². The summed E-state index contributed by atoms with van der Waals surface area (Å²) in [6, 6.07) is 12.2. The highest BCUT2D eigenvalue weighted by Gasteiger charge is 2.40. The molecular weight excluding hydrogens is 606 g/mol. The van der Waals surface area contributed by atoms with Crippen molar-refractivity contribution in [1.82, 2.24) is 15.5 Å². The second-order valence-electron chi connectivity index (χ2n) is 12.7. The van der Waals surface area contributed by atoms with Crippen molar-refractivity contribution in [3.63, 3.8) is 0 Å². The van der Waals surface area contributed by atoms with Crippen LogP contribution in [0.4, 0.5) is 16.2 Å². The average molecular weight is 650 g/mol. The molecule has 1 aliphatic heterocycles. The number of amides is 5. The van der Waals surface area contributed by atoms with E-state index in [1.165, 1.54) is 24.0 Å². The van der Waals surface area contributed by atoms with Gasteiger partial charge in [0.1, 0.15) is 18.1 Å². The van der Waals surface area contributed by atoms with Gasteiger partial charge in [-0.1, -0.05) is 63.3 Å². The molecule has 4 atom stereocenters. The minimum Gasteiger partial charge on any atom is -0.480 e. The van der Waals surface area contributed by atoms with Crippen LogP contribution in [0.15, 0.2) is 66.7 Å². The Morgan fingerprint density at radius 3 is 1.87 bits per heavy atom. The number of aliphatic carboxylic acids is 2. The molecule has 0 bridgehead atoms. The van der Waals surface area contributed by atoms with E-state index in [1.807, 2.05) is 39.0 Å². The number of carbonyl (C=O) groups excluding carboxylic acids is 4. The maximum Gasteiger partial charge on any atom is 0.326 e. The molecule has 4 unspecified atom stereocenters. The summed E-state index contributed by atoms with van der Waals surface area (Å²) < 4.78 is 0. The van der Waals surface area contributed by atoms with Crippen LogP contribution in [0.25, 0.3) is 0 Å². The van der Waals surface area contributed by atoms with Crippen molar-refractivity contribution in [2.75, 3.05) is 17.2 Å². The van der Waals surface area contributed by atoms with E-state index in [0.29, 0.717) is 11.4 Å². The second kappa shape index (κ2) is 16.4. The predicted octanol–water partition coefficient (Wildman–Crippen LogP) is 3.95. The van der Waals surface area contributed by atoms with Crippen LogP contribution >= 0.6 is 0 Å². The molecule has 1 heterocycles. The summed E-state index contributed by atoms with van der Waals surface area (Å²) in [5, 5.41) is 29.7. The number of rotatable bonds is 13. The molecule has 1 aliphatic rings. The highest BCUT2D eigenvalue weighted by atomic mass is 16.4. The van der Waals surface area contributed by atoms with Gasteiger partial charge in [-0.25, -0.2) is 14.4 Å². The summed E-state index contributed by atoms with van der Waals surface area (Å²) in [4.78, 5) is 75.2. The molecule has 2 aromatic rings. The van der Waals surface area contributed by atoms with Gasteiger partial charge in [0.15, 0.2) is 0 Å². The number of hydrogen-bond acceptors (Lipinski definition) is 6. The summed E-state index contributed by atoms with van der Waals surface area (Å²) in [6.45, 7) is 7.17. The number of likely N-dealkylation sites (tertiary alicyclic amines) is 1. The smallest absolute Gasteiger partial charge is 0.326 e. The van der Waals surface area contributed by atoms with E-state index in [0.717, 1.165) is 5.56 Å². The van der Waals surface area contributed by atoms with Crippen molar-refractivity contribution >= 4 is 47.1 Å². The first kappa shape index (κ1) is 36.3. The second-order valence-corrected chi connectivity index (χ2v) is 12.7. The number of carbonyl (C=O) groups is 6. The van der Waals surface area contributed by atoms with E-state index in [2.05, 4.69) is 21.3 Å². The number of nitrogens with zero attached hydrogens (tertiary/aromatic N) is 1. The van der Waals surface area contributed by atoms with Gasteiger partial charge in [0.25, 0.3) is 0 Å². The minimum absolute atomic E-state index is 0.0695. The molecule has 2 aromatic carbocycles. The quantitative estimate of drug-likeness (QED) is 0.176. The number of benzene rings is 2. The molecule has 13 nitrogen and oxygen atoms in total. The van der Waals surface area contributed by atoms with Gasteiger partial charge in [0, 0.05) is 37.2 Å². The molecular formula is C34H43N5O8. The van der Waals surface area contributed by atoms with Crippen LogP contribution in [0.5, 0.6) is 0 Å². The van der Waals surface area contributed by atoms with Crippen LogP contribution < -0.4 is 21.3 Å². The van der Waals surface area contributed by atoms with Crippen molar-refractivity contribution in [2.24, 2.45) is 5.41 Å². The maximum atomic E-state index is 13.3. The Kier molecular flexibility index (Phi) is 12.6. The van der Waals surface area contributed by atoms with Crippen molar-refractivity contribution < 1.29 is 39.0 Å². The third-order valence-corrected chi connectivity index (χ3v) is 7.53. The first-order valence-corrected chi connectivity index (χ1v) is 15.3. The Bertz CT molecular complexity index is 1470. The summed E-state index contributed by atoms with van der Waals surface area (Å²) in [6.07, 6.45) is 3.11. The van der Waals surface area contributed by atoms with Gasteiger partial charge in [-0.2, -0.15) is 0 Å². The fourth-order valence-corrected chi connectivity index (χ4v) is 5.23. The van der Waals surface area contributed by atoms with Crippen molar-refractivity contribution in [3.05, 3.63) is 72.3 Å². The summed E-state index contributed by atoms with van der Waals surface area (Å²) >= 11 is 0. The van der Waals surface area contributed by atoms with Crippen molar-refractivity contribution in [3.8, 4) is 0 Å². The molecule has 13 heteroatoms. The van der Waals surface area contributed by atoms with E-state index in [-0.39, 0.29) is 49.5 Å². The summed E-state index contributed by atoms with van der Waals surface area (Å²) in [7, 11) is 0. The van der Waals surface area contributed by atoms with Gasteiger partial charge in [-0.15, -0.1) is 0 Å². The van der Waals surface area contributed by atoms with Gasteiger partial charge < -0.3 is 36.4 Å². The van der Waals surface area contributed by atoms with Gasteiger partial charge in [0.2, 0.25) is 17.7 Å². The van der Waals surface area contributed by atoms with E-state index >= 15 is 0 Å². The Balaban J connectivity index is 1.58.